The highest BCUT2D eigenvalue weighted by molar-refractivity contribution is 5.54. The Morgan fingerprint density at radius 1 is 1.17 bits per heavy atom. The Balaban J connectivity index is 1.86. The summed E-state index contributed by atoms with van der Waals surface area (Å²) >= 11 is 0. The molecule has 24 heavy (non-hydrogen) atoms. The van der Waals surface area contributed by atoms with Crippen molar-refractivity contribution < 1.29 is 14.3 Å². The van der Waals surface area contributed by atoms with E-state index in [1.54, 1.807) is 7.11 Å². The average Bonchev–Trinajstić information content (AvgIpc) is 3.15. The number of rotatable bonds is 5. The lowest BCUT2D eigenvalue weighted by Gasteiger charge is -2.34. The minimum absolute atomic E-state index is 0.0962. The van der Waals surface area contributed by atoms with Crippen LogP contribution >= 0.6 is 0 Å². The van der Waals surface area contributed by atoms with Gasteiger partial charge in [0.25, 0.3) is 0 Å². The molecule has 0 bridgehead atoms. The van der Waals surface area contributed by atoms with E-state index in [-0.39, 0.29) is 12.0 Å². The van der Waals surface area contributed by atoms with Gasteiger partial charge in [-0.25, -0.2) is 0 Å². The van der Waals surface area contributed by atoms with Crippen LogP contribution in [0.2, 0.25) is 0 Å². The van der Waals surface area contributed by atoms with E-state index >= 15 is 0 Å². The summed E-state index contributed by atoms with van der Waals surface area (Å²) in [6, 6.07) is 8.40. The molecular weight excluding hydrogens is 302 g/mol. The van der Waals surface area contributed by atoms with Gasteiger partial charge in [-0.1, -0.05) is 6.07 Å². The van der Waals surface area contributed by atoms with Crippen LogP contribution in [0, 0.1) is 17.2 Å². The number of carbonyl (C=O) groups excluding carboxylic acids is 1. The van der Waals surface area contributed by atoms with Gasteiger partial charge in [-0.3, -0.25) is 0 Å². The van der Waals surface area contributed by atoms with Gasteiger partial charge in [-0.05, 0) is 69.1 Å². The first-order valence-corrected chi connectivity index (χ1v) is 8.92. The SMILES string of the molecule is COc1ccc([C@]2(C#N)CC[C@@H](C=O)CC2)cc1OC1CCCC1. The summed E-state index contributed by atoms with van der Waals surface area (Å²) in [5.74, 6) is 1.56. The molecule has 2 saturated carbocycles. The van der Waals surface area contributed by atoms with Crippen molar-refractivity contribution in [2.75, 3.05) is 7.11 Å². The first kappa shape index (κ1) is 16.8. The van der Waals surface area contributed by atoms with Crippen LogP contribution in [0.5, 0.6) is 11.5 Å². The van der Waals surface area contributed by atoms with Gasteiger partial charge in [-0.15, -0.1) is 0 Å². The largest absolute Gasteiger partial charge is 0.493 e. The van der Waals surface area contributed by atoms with Crippen LogP contribution in [-0.4, -0.2) is 19.5 Å². The van der Waals surface area contributed by atoms with Crippen LogP contribution in [0.1, 0.15) is 56.9 Å². The summed E-state index contributed by atoms with van der Waals surface area (Å²) in [7, 11) is 1.64. The third-order valence-electron chi connectivity index (χ3n) is 5.60. The Bertz CT molecular complexity index is 620. The molecule has 0 amide bonds. The van der Waals surface area contributed by atoms with Crippen molar-refractivity contribution in [1.82, 2.24) is 0 Å². The summed E-state index contributed by atoms with van der Waals surface area (Å²) in [4.78, 5) is 11.0. The Hall–Kier alpha value is -2.02. The molecule has 2 aliphatic rings. The lowest BCUT2D eigenvalue weighted by molar-refractivity contribution is -0.112. The quantitative estimate of drug-likeness (QED) is 0.762. The standard InChI is InChI=1S/C20H25NO3/c1-23-18-7-6-16(12-19(18)24-17-4-2-3-5-17)20(14-21)10-8-15(13-22)9-11-20/h6-7,12-13,15,17H,2-5,8-11H2,1H3/t15-,20-. The number of hydrogen-bond acceptors (Lipinski definition) is 4. The van der Waals surface area contributed by atoms with Gasteiger partial charge < -0.3 is 14.3 Å². The summed E-state index contributed by atoms with van der Waals surface area (Å²) in [6.07, 6.45) is 8.87. The smallest absolute Gasteiger partial charge is 0.161 e. The number of ether oxygens (including phenoxy) is 2. The van der Waals surface area contributed by atoms with Crippen molar-refractivity contribution in [3.63, 3.8) is 0 Å². The third-order valence-corrected chi connectivity index (χ3v) is 5.60. The monoisotopic (exact) mass is 327 g/mol. The maximum absolute atomic E-state index is 11.0. The summed E-state index contributed by atoms with van der Waals surface area (Å²) in [5, 5.41) is 9.85. The van der Waals surface area contributed by atoms with E-state index in [1.165, 1.54) is 12.8 Å². The Kier molecular flexibility index (Phi) is 5.08. The topological polar surface area (TPSA) is 59.3 Å². The van der Waals surface area contributed by atoms with Crippen molar-refractivity contribution in [2.24, 2.45) is 5.92 Å². The first-order valence-electron chi connectivity index (χ1n) is 8.92. The number of aldehydes is 1. The van der Waals surface area contributed by atoms with Gasteiger partial charge in [0.05, 0.1) is 24.7 Å². The molecule has 0 N–H and O–H groups in total. The van der Waals surface area contributed by atoms with Crippen molar-refractivity contribution in [1.29, 1.82) is 5.26 Å². The van der Waals surface area contributed by atoms with Crippen LogP contribution in [0.25, 0.3) is 0 Å². The van der Waals surface area contributed by atoms with Crippen LogP contribution in [0.4, 0.5) is 0 Å². The van der Waals surface area contributed by atoms with E-state index in [1.807, 2.05) is 18.2 Å². The molecule has 128 valence electrons. The fourth-order valence-corrected chi connectivity index (χ4v) is 3.99. The van der Waals surface area contributed by atoms with E-state index in [4.69, 9.17) is 9.47 Å². The first-order chi connectivity index (χ1) is 11.7. The van der Waals surface area contributed by atoms with Crippen molar-refractivity contribution in [2.45, 2.75) is 62.9 Å². The predicted octanol–water partition coefficient (Wildman–Crippen LogP) is 4.17. The Labute approximate surface area is 143 Å². The number of nitrogens with zero attached hydrogens (tertiary/aromatic N) is 1. The van der Waals surface area contributed by atoms with Gasteiger partial charge in [0, 0.05) is 5.92 Å². The number of carbonyl (C=O) groups is 1. The molecule has 0 saturated heterocycles. The minimum Gasteiger partial charge on any atom is -0.493 e. The number of hydrogen-bond donors (Lipinski definition) is 0. The second kappa shape index (κ2) is 7.25. The fraction of sp³-hybridized carbons (Fsp3) is 0.600. The Morgan fingerprint density at radius 3 is 2.46 bits per heavy atom. The normalized spacial score (nSPS) is 27.4. The molecule has 0 radical (unpaired) electrons. The highest BCUT2D eigenvalue weighted by atomic mass is 16.5. The second-order valence-electron chi connectivity index (χ2n) is 7.06. The highest BCUT2D eigenvalue weighted by Gasteiger charge is 2.37. The molecule has 1 aromatic carbocycles. The number of nitriles is 1. The fourth-order valence-electron chi connectivity index (χ4n) is 3.99. The summed E-state index contributed by atoms with van der Waals surface area (Å²) < 4.78 is 11.6. The maximum atomic E-state index is 11.0. The van der Waals surface area contributed by atoms with Gasteiger partial charge in [0.2, 0.25) is 0 Å². The van der Waals surface area contributed by atoms with Gasteiger partial charge in [-0.2, -0.15) is 5.26 Å². The van der Waals surface area contributed by atoms with Crippen molar-refractivity contribution in [3.8, 4) is 17.6 Å². The summed E-state index contributed by atoms with van der Waals surface area (Å²) in [6.45, 7) is 0. The lowest BCUT2D eigenvalue weighted by Crippen LogP contribution is -2.30. The van der Waals surface area contributed by atoms with E-state index in [9.17, 15) is 10.1 Å². The van der Waals surface area contributed by atoms with Gasteiger partial charge in [0.15, 0.2) is 11.5 Å². The van der Waals surface area contributed by atoms with E-state index in [2.05, 4.69) is 6.07 Å². The van der Waals surface area contributed by atoms with Gasteiger partial charge >= 0.3 is 0 Å². The molecule has 4 nitrogen and oxygen atoms in total. The van der Waals surface area contributed by atoms with Crippen LogP contribution < -0.4 is 9.47 Å². The molecule has 3 rings (SSSR count). The number of benzene rings is 1. The zero-order chi connectivity index (χ0) is 17.0. The van der Waals surface area contributed by atoms with Crippen LogP contribution in [-0.2, 0) is 10.2 Å². The zero-order valence-corrected chi connectivity index (χ0v) is 14.3. The maximum Gasteiger partial charge on any atom is 0.161 e. The lowest BCUT2D eigenvalue weighted by atomic mass is 9.68. The second-order valence-corrected chi connectivity index (χ2v) is 7.06. The molecule has 0 spiro atoms. The molecule has 0 aromatic heterocycles. The third kappa shape index (κ3) is 3.26. The van der Waals surface area contributed by atoms with E-state index < -0.39 is 5.41 Å². The summed E-state index contributed by atoms with van der Waals surface area (Å²) in [5.41, 5.74) is 0.475. The average molecular weight is 327 g/mol. The van der Waals surface area contributed by atoms with Crippen molar-refractivity contribution in [3.05, 3.63) is 23.8 Å². The van der Waals surface area contributed by atoms with Crippen molar-refractivity contribution >= 4 is 6.29 Å². The van der Waals surface area contributed by atoms with Crippen LogP contribution in [0.3, 0.4) is 0 Å². The zero-order valence-electron chi connectivity index (χ0n) is 14.3. The molecule has 1 aromatic rings. The molecule has 2 aliphatic carbocycles. The highest BCUT2D eigenvalue weighted by Crippen LogP contribution is 2.43. The van der Waals surface area contributed by atoms with E-state index in [0.717, 1.165) is 61.9 Å². The molecule has 0 heterocycles. The molecular formula is C20H25NO3. The Morgan fingerprint density at radius 2 is 1.88 bits per heavy atom. The van der Waals surface area contributed by atoms with E-state index in [0.29, 0.717) is 0 Å². The van der Waals surface area contributed by atoms with Gasteiger partial charge in [0.1, 0.15) is 6.29 Å². The molecule has 4 heteroatoms. The number of methoxy groups -OCH3 is 1. The molecule has 0 atom stereocenters. The molecule has 0 unspecified atom stereocenters. The molecule has 0 aliphatic heterocycles. The van der Waals surface area contributed by atoms with Crippen LogP contribution in [0.15, 0.2) is 18.2 Å². The molecule has 2 fully saturated rings. The predicted molar refractivity (Wildman–Crippen MR) is 91.2 cm³/mol. The minimum atomic E-state index is -0.514.